The maximum atomic E-state index is 12.7. The van der Waals surface area contributed by atoms with Crippen molar-refractivity contribution in [1.29, 1.82) is 0 Å². The summed E-state index contributed by atoms with van der Waals surface area (Å²) in [5.41, 5.74) is 1.63. The summed E-state index contributed by atoms with van der Waals surface area (Å²) in [6.45, 7) is 2.41. The van der Waals surface area contributed by atoms with Crippen molar-refractivity contribution in [3.63, 3.8) is 0 Å². The van der Waals surface area contributed by atoms with E-state index in [2.05, 4.69) is 10.5 Å². The fourth-order valence-electron chi connectivity index (χ4n) is 2.92. The molecule has 0 aliphatic rings. The molecule has 0 aliphatic carbocycles. The molecule has 0 saturated heterocycles. The Hall–Kier alpha value is -3.29. The van der Waals surface area contributed by atoms with Crippen LogP contribution in [0, 0.1) is 6.92 Å². The molecule has 30 heavy (non-hydrogen) atoms. The number of carbonyl (C=O) groups is 2. The number of amides is 1. The minimum absolute atomic E-state index is 0.0355. The van der Waals surface area contributed by atoms with Crippen molar-refractivity contribution in [2.75, 3.05) is 6.61 Å². The average molecular weight is 408 g/mol. The molecule has 0 bridgehead atoms. The topological polar surface area (TPSA) is 102 Å². The van der Waals surface area contributed by atoms with E-state index < -0.39 is 23.9 Å². The van der Waals surface area contributed by atoms with Gasteiger partial charge in [-0.15, -0.1) is 0 Å². The summed E-state index contributed by atoms with van der Waals surface area (Å²) in [6.07, 6.45) is 0. The van der Waals surface area contributed by atoms with Crippen LogP contribution >= 0.6 is 0 Å². The Morgan fingerprint density at radius 2 is 1.77 bits per heavy atom. The zero-order chi connectivity index (χ0) is 21.6. The van der Waals surface area contributed by atoms with Crippen LogP contribution in [0.15, 0.2) is 65.2 Å². The molecule has 1 heterocycles. The van der Waals surface area contributed by atoms with E-state index in [9.17, 15) is 14.7 Å². The first-order chi connectivity index (χ1) is 14.4. The first kappa shape index (κ1) is 21.4. The molecule has 2 aromatic carbocycles. The molecule has 0 aliphatic heterocycles. The van der Waals surface area contributed by atoms with Gasteiger partial charge < -0.3 is 19.7 Å². The molecule has 3 aromatic rings. The summed E-state index contributed by atoms with van der Waals surface area (Å²) in [5, 5.41) is 15.7. The number of aryl methyl sites for hydroxylation is 1. The fraction of sp³-hybridized carbons (Fsp3) is 0.261. The Kier molecular flexibility index (Phi) is 6.76. The number of aromatic nitrogens is 1. The van der Waals surface area contributed by atoms with Crippen LogP contribution in [0.5, 0.6) is 0 Å². The van der Waals surface area contributed by atoms with Gasteiger partial charge in [-0.2, -0.15) is 0 Å². The largest absolute Gasteiger partial charge is 0.388 e. The van der Waals surface area contributed by atoms with Crippen LogP contribution in [-0.2, 0) is 27.5 Å². The Bertz CT molecular complexity index is 998. The van der Waals surface area contributed by atoms with Gasteiger partial charge in [-0.3, -0.25) is 9.59 Å². The van der Waals surface area contributed by atoms with Crippen LogP contribution in [-0.4, -0.2) is 34.2 Å². The summed E-state index contributed by atoms with van der Waals surface area (Å²) >= 11 is 0. The highest BCUT2D eigenvalue weighted by molar-refractivity contribution is 6.09. The predicted molar refractivity (Wildman–Crippen MR) is 110 cm³/mol. The summed E-state index contributed by atoms with van der Waals surface area (Å²) in [7, 11) is 0. The van der Waals surface area contributed by atoms with E-state index >= 15 is 0 Å². The molecule has 1 atom stereocenters. The smallest absolute Gasteiger partial charge is 0.260 e. The normalized spacial score (nSPS) is 12.9. The Morgan fingerprint density at radius 1 is 1.10 bits per heavy atom. The number of nitrogens with one attached hydrogen (secondary N) is 1. The highest BCUT2D eigenvalue weighted by Crippen LogP contribution is 2.21. The molecule has 7 heteroatoms. The molecule has 0 radical (unpaired) electrons. The monoisotopic (exact) mass is 408 g/mol. The van der Waals surface area contributed by atoms with Gasteiger partial charge in [0.1, 0.15) is 18.1 Å². The zero-order valence-corrected chi connectivity index (χ0v) is 16.9. The predicted octanol–water partition coefficient (Wildman–Crippen LogP) is 2.80. The van der Waals surface area contributed by atoms with Crippen molar-refractivity contribution >= 4 is 11.7 Å². The van der Waals surface area contributed by atoms with Gasteiger partial charge >= 0.3 is 0 Å². The lowest BCUT2D eigenvalue weighted by Crippen LogP contribution is -2.53. The summed E-state index contributed by atoms with van der Waals surface area (Å²) < 4.78 is 10.7. The number of aliphatic hydroxyl groups is 1. The lowest BCUT2D eigenvalue weighted by atomic mass is 9.99. The summed E-state index contributed by atoms with van der Waals surface area (Å²) in [5.74, 6) is -0.760. The van der Waals surface area contributed by atoms with E-state index in [-0.39, 0.29) is 13.2 Å². The number of ketones is 1. The number of carbonyl (C=O) groups excluding carboxylic acids is 2. The quantitative estimate of drug-likeness (QED) is 0.528. The lowest BCUT2D eigenvalue weighted by Gasteiger charge is -2.26. The molecular weight excluding hydrogens is 384 g/mol. The number of rotatable bonds is 9. The molecule has 1 aromatic heterocycles. The summed E-state index contributed by atoms with van der Waals surface area (Å²) in [4.78, 5) is 25.0. The first-order valence-corrected chi connectivity index (χ1v) is 9.55. The minimum Gasteiger partial charge on any atom is -0.388 e. The van der Waals surface area contributed by atoms with Crippen molar-refractivity contribution in [2.24, 2.45) is 0 Å². The number of hydrogen-bond donors (Lipinski definition) is 2. The van der Waals surface area contributed by atoms with Crippen LogP contribution in [0.1, 0.15) is 23.9 Å². The van der Waals surface area contributed by atoms with Crippen molar-refractivity contribution in [3.05, 3.63) is 77.7 Å². The van der Waals surface area contributed by atoms with E-state index in [1.54, 1.807) is 13.0 Å². The Morgan fingerprint density at radius 3 is 2.37 bits per heavy atom. The van der Waals surface area contributed by atoms with Gasteiger partial charge in [-0.05, 0) is 30.5 Å². The maximum absolute atomic E-state index is 12.7. The van der Waals surface area contributed by atoms with Crippen molar-refractivity contribution in [1.82, 2.24) is 10.5 Å². The second-order valence-electron chi connectivity index (χ2n) is 7.08. The van der Waals surface area contributed by atoms with Crippen LogP contribution in [0.25, 0.3) is 11.1 Å². The van der Waals surface area contributed by atoms with Gasteiger partial charge in [-0.1, -0.05) is 59.8 Å². The number of benzene rings is 2. The molecule has 3 rings (SSSR count). The van der Waals surface area contributed by atoms with E-state index in [1.807, 2.05) is 54.6 Å². The van der Waals surface area contributed by atoms with Crippen LogP contribution in [0.4, 0.5) is 0 Å². The molecule has 7 nitrogen and oxygen atoms in total. The standard InChI is InChI=1S/C23H24N2O5/c1-16-12-20(25-30-16)13-24-22(28)23(2,21(27)14-26)29-15-17-8-10-19(11-9-17)18-6-4-3-5-7-18/h3-12,26H,13-15H2,1-2H3,(H,24,28). The molecule has 2 N–H and O–H groups in total. The number of hydrogen-bond acceptors (Lipinski definition) is 6. The highest BCUT2D eigenvalue weighted by Gasteiger charge is 2.41. The SMILES string of the molecule is Cc1cc(CNC(=O)C(C)(OCc2ccc(-c3ccccc3)cc2)C(=O)CO)no1. The third-order valence-corrected chi connectivity index (χ3v) is 4.80. The third kappa shape index (κ3) is 5.00. The Balaban J connectivity index is 1.66. The van der Waals surface area contributed by atoms with Crippen LogP contribution in [0.2, 0.25) is 0 Å². The second kappa shape index (κ2) is 9.47. The van der Waals surface area contributed by atoms with Gasteiger partial charge in [0.15, 0.2) is 5.78 Å². The minimum atomic E-state index is -1.83. The van der Waals surface area contributed by atoms with Gasteiger partial charge in [0.2, 0.25) is 5.60 Å². The van der Waals surface area contributed by atoms with Crippen molar-refractivity contribution < 1.29 is 24.0 Å². The number of nitrogens with zero attached hydrogens (tertiary/aromatic N) is 1. The lowest BCUT2D eigenvalue weighted by molar-refractivity contribution is -0.161. The van der Waals surface area contributed by atoms with Gasteiger partial charge in [-0.25, -0.2) is 0 Å². The second-order valence-corrected chi connectivity index (χ2v) is 7.08. The van der Waals surface area contributed by atoms with Crippen molar-refractivity contribution in [2.45, 2.75) is 32.6 Å². The van der Waals surface area contributed by atoms with Gasteiger partial charge in [0, 0.05) is 6.07 Å². The van der Waals surface area contributed by atoms with Gasteiger partial charge in [0.05, 0.1) is 13.2 Å². The molecular formula is C23H24N2O5. The van der Waals surface area contributed by atoms with E-state index in [1.165, 1.54) is 6.92 Å². The van der Waals surface area contributed by atoms with Crippen LogP contribution < -0.4 is 5.32 Å². The molecule has 0 spiro atoms. The molecule has 156 valence electrons. The van der Waals surface area contributed by atoms with Crippen molar-refractivity contribution in [3.8, 4) is 11.1 Å². The third-order valence-electron chi connectivity index (χ3n) is 4.80. The highest BCUT2D eigenvalue weighted by atomic mass is 16.5. The average Bonchev–Trinajstić information content (AvgIpc) is 3.21. The Labute approximate surface area is 174 Å². The van der Waals surface area contributed by atoms with E-state index in [4.69, 9.17) is 9.26 Å². The van der Waals surface area contributed by atoms with E-state index in [0.29, 0.717) is 11.5 Å². The van der Waals surface area contributed by atoms with E-state index in [0.717, 1.165) is 16.7 Å². The molecule has 1 amide bonds. The molecule has 1 unspecified atom stereocenters. The van der Waals surface area contributed by atoms with Crippen LogP contribution in [0.3, 0.4) is 0 Å². The zero-order valence-electron chi connectivity index (χ0n) is 16.9. The number of aliphatic hydroxyl groups excluding tert-OH is 1. The summed E-state index contributed by atoms with van der Waals surface area (Å²) in [6, 6.07) is 19.3. The fourth-order valence-corrected chi connectivity index (χ4v) is 2.92. The maximum Gasteiger partial charge on any atom is 0.260 e. The first-order valence-electron chi connectivity index (χ1n) is 9.55. The number of Topliss-reactive ketones (excluding diaryl/α,β-unsaturated/α-hetero) is 1. The van der Waals surface area contributed by atoms with Gasteiger partial charge in [0.25, 0.3) is 5.91 Å². The number of ether oxygens (including phenoxy) is 1. The molecule has 0 fully saturated rings. The molecule has 0 saturated carbocycles.